The fourth-order valence-electron chi connectivity index (χ4n) is 2.21. The fraction of sp³-hybridized carbons (Fsp3) is 0.200. The molecular formula is C15H15BrN2O2. The van der Waals surface area contributed by atoms with Gasteiger partial charge in [0, 0.05) is 22.1 Å². The van der Waals surface area contributed by atoms with Crippen LogP contribution >= 0.6 is 15.9 Å². The van der Waals surface area contributed by atoms with E-state index in [2.05, 4.69) is 21.2 Å². The van der Waals surface area contributed by atoms with Gasteiger partial charge in [0.1, 0.15) is 0 Å². The standard InChI is InChI=1S/C15H15BrN2O2/c1-17-14(12-7-3-4-8-13(12)16)10-11-6-2-5-9-15(11)18(19)20/h2-9,14,17H,10H2,1H3. The molecule has 0 radical (unpaired) electrons. The molecular weight excluding hydrogens is 320 g/mol. The first-order chi connectivity index (χ1) is 9.63. The van der Waals surface area contributed by atoms with Crippen LogP contribution in [0.1, 0.15) is 17.2 Å². The van der Waals surface area contributed by atoms with Gasteiger partial charge >= 0.3 is 0 Å². The summed E-state index contributed by atoms with van der Waals surface area (Å²) >= 11 is 3.52. The average Bonchev–Trinajstić information content (AvgIpc) is 2.46. The Labute approximate surface area is 126 Å². The molecule has 0 heterocycles. The van der Waals surface area contributed by atoms with Gasteiger partial charge in [-0.1, -0.05) is 52.3 Å². The van der Waals surface area contributed by atoms with Crippen molar-refractivity contribution in [2.45, 2.75) is 12.5 Å². The van der Waals surface area contributed by atoms with Crippen molar-refractivity contribution >= 4 is 21.6 Å². The molecule has 20 heavy (non-hydrogen) atoms. The zero-order valence-corrected chi connectivity index (χ0v) is 12.6. The summed E-state index contributed by atoms with van der Waals surface area (Å²) in [5.41, 5.74) is 1.99. The smallest absolute Gasteiger partial charge is 0.272 e. The molecule has 5 heteroatoms. The molecule has 1 atom stereocenters. The predicted octanol–water partition coefficient (Wildman–Crippen LogP) is 3.86. The summed E-state index contributed by atoms with van der Waals surface area (Å²) in [7, 11) is 1.86. The maximum atomic E-state index is 11.1. The third kappa shape index (κ3) is 3.23. The van der Waals surface area contributed by atoms with E-state index in [-0.39, 0.29) is 16.7 Å². The minimum atomic E-state index is -0.331. The van der Waals surface area contributed by atoms with Crippen LogP contribution in [0.4, 0.5) is 5.69 Å². The van der Waals surface area contributed by atoms with Crippen LogP contribution in [0.2, 0.25) is 0 Å². The lowest BCUT2D eigenvalue weighted by Crippen LogP contribution is -2.19. The predicted molar refractivity (Wildman–Crippen MR) is 82.7 cm³/mol. The van der Waals surface area contributed by atoms with Crippen molar-refractivity contribution in [3.63, 3.8) is 0 Å². The van der Waals surface area contributed by atoms with E-state index >= 15 is 0 Å². The van der Waals surface area contributed by atoms with Crippen LogP contribution in [0.3, 0.4) is 0 Å². The SMILES string of the molecule is CNC(Cc1ccccc1[N+](=O)[O-])c1ccccc1Br. The Bertz CT molecular complexity index is 616. The maximum Gasteiger partial charge on any atom is 0.272 e. The zero-order chi connectivity index (χ0) is 14.5. The molecule has 0 aliphatic carbocycles. The highest BCUT2D eigenvalue weighted by atomic mass is 79.9. The van der Waals surface area contributed by atoms with Crippen LogP contribution in [0.25, 0.3) is 0 Å². The lowest BCUT2D eigenvalue weighted by atomic mass is 9.98. The second kappa shape index (κ2) is 6.63. The molecule has 2 aromatic carbocycles. The molecule has 0 aliphatic rings. The molecule has 0 saturated heterocycles. The number of nitro benzene ring substituents is 1. The largest absolute Gasteiger partial charge is 0.313 e. The van der Waals surface area contributed by atoms with Crippen LogP contribution in [-0.2, 0) is 6.42 Å². The zero-order valence-electron chi connectivity index (χ0n) is 11.0. The van der Waals surface area contributed by atoms with Crippen LogP contribution in [0.5, 0.6) is 0 Å². The molecule has 0 amide bonds. The van der Waals surface area contributed by atoms with E-state index in [0.717, 1.165) is 15.6 Å². The maximum absolute atomic E-state index is 11.1. The number of rotatable bonds is 5. The third-order valence-electron chi connectivity index (χ3n) is 3.24. The van der Waals surface area contributed by atoms with Gasteiger partial charge in [-0.25, -0.2) is 0 Å². The van der Waals surface area contributed by atoms with Crippen LogP contribution in [0.15, 0.2) is 53.0 Å². The van der Waals surface area contributed by atoms with E-state index < -0.39 is 0 Å². The van der Waals surface area contributed by atoms with Crippen molar-refractivity contribution in [3.05, 3.63) is 74.2 Å². The third-order valence-corrected chi connectivity index (χ3v) is 3.96. The molecule has 0 bridgehead atoms. The number of hydrogen-bond acceptors (Lipinski definition) is 3. The number of likely N-dealkylation sites (N-methyl/N-ethyl adjacent to an activating group) is 1. The highest BCUT2D eigenvalue weighted by molar-refractivity contribution is 9.10. The van der Waals surface area contributed by atoms with Gasteiger partial charge in [0.25, 0.3) is 5.69 Å². The Hall–Kier alpha value is -1.72. The lowest BCUT2D eigenvalue weighted by Gasteiger charge is -2.18. The van der Waals surface area contributed by atoms with E-state index in [1.807, 2.05) is 37.4 Å². The highest BCUT2D eigenvalue weighted by Gasteiger charge is 2.18. The summed E-state index contributed by atoms with van der Waals surface area (Å²) in [6.45, 7) is 0. The number of nitrogens with one attached hydrogen (secondary N) is 1. The quantitative estimate of drug-likeness (QED) is 0.667. The first-order valence-corrected chi connectivity index (χ1v) is 7.06. The summed E-state index contributed by atoms with van der Waals surface area (Å²) in [6.07, 6.45) is 0.566. The van der Waals surface area contributed by atoms with Crippen LogP contribution in [-0.4, -0.2) is 12.0 Å². The van der Waals surface area contributed by atoms with E-state index in [0.29, 0.717) is 6.42 Å². The van der Waals surface area contributed by atoms with E-state index in [1.165, 1.54) is 0 Å². The van der Waals surface area contributed by atoms with Crippen molar-refractivity contribution < 1.29 is 4.92 Å². The first kappa shape index (κ1) is 14.7. The Morgan fingerprint density at radius 1 is 1.20 bits per heavy atom. The molecule has 1 N–H and O–H groups in total. The van der Waals surface area contributed by atoms with Gasteiger partial charge in [-0.2, -0.15) is 0 Å². The summed E-state index contributed by atoms with van der Waals surface area (Å²) in [6, 6.07) is 14.8. The molecule has 0 spiro atoms. The Morgan fingerprint density at radius 2 is 1.85 bits per heavy atom. The number of nitro groups is 1. The summed E-state index contributed by atoms with van der Waals surface area (Å²) in [4.78, 5) is 10.7. The molecule has 0 aliphatic heterocycles. The number of halogens is 1. The summed E-state index contributed by atoms with van der Waals surface area (Å²) in [5.74, 6) is 0. The van der Waals surface area contributed by atoms with Crippen LogP contribution < -0.4 is 5.32 Å². The first-order valence-electron chi connectivity index (χ1n) is 6.27. The van der Waals surface area contributed by atoms with Crippen LogP contribution in [0, 0.1) is 10.1 Å². The monoisotopic (exact) mass is 334 g/mol. The molecule has 0 aromatic heterocycles. The minimum absolute atomic E-state index is 0.0201. The van der Waals surface area contributed by atoms with Gasteiger partial charge < -0.3 is 5.32 Å². The molecule has 0 saturated carbocycles. The molecule has 2 rings (SSSR count). The summed E-state index contributed by atoms with van der Waals surface area (Å²) < 4.78 is 0.998. The van der Waals surface area contributed by atoms with E-state index in [1.54, 1.807) is 18.2 Å². The Kier molecular flexibility index (Phi) is 4.87. The topological polar surface area (TPSA) is 55.2 Å². The molecule has 1 unspecified atom stereocenters. The number of nitrogens with zero attached hydrogens (tertiary/aromatic N) is 1. The van der Waals surface area contributed by atoms with Crippen molar-refractivity contribution in [1.82, 2.24) is 5.32 Å². The average molecular weight is 335 g/mol. The second-order valence-corrected chi connectivity index (χ2v) is 5.31. The Morgan fingerprint density at radius 3 is 2.50 bits per heavy atom. The number of para-hydroxylation sites is 1. The highest BCUT2D eigenvalue weighted by Crippen LogP contribution is 2.28. The van der Waals surface area contributed by atoms with Gasteiger partial charge in [0.05, 0.1) is 4.92 Å². The summed E-state index contributed by atoms with van der Waals surface area (Å²) in [5, 5.41) is 14.3. The number of hydrogen-bond donors (Lipinski definition) is 1. The van der Waals surface area contributed by atoms with E-state index in [9.17, 15) is 10.1 Å². The fourth-order valence-corrected chi connectivity index (χ4v) is 2.77. The van der Waals surface area contributed by atoms with Crippen molar-refractivity contribution in [1.29, 1.82) is 0 Å². The second-order valence-electron chi connectivity index (χ2n) is 4.45. The molecule has 104 valence electrons. The Balaban J connectivity index is 2.32. The molecule has 4 nitrogen and oxygen atoms in total. The van der Waals surface area contributed by atoms with Gasteiger partial charge in [-0.15, -0.1) is 0 Å². The molecule has 2 aromatic rings. The van der Waals surface area contributed by atoms with Crippen molar-refractivity contribution in [3.8, 4) is 0 Å². The van der Waals surface area contributed by atoms with Gasteiger partial charge in [-0.05, 0) is 25.1 Å². The van der Waals surface area contributed by atoms with Gasteiger partial charge in [0.15, 0.2) is 0 Å². The number of benzene rings is 2. The van der Waals surface area contributed by atoms with Gasteiger partial charge in [0.2, 0.25) is 0 Å². The van der Waals surface area contributed by atoms with E-state index in [4.69, 9.17) is 0 Å². The lowest BCUT2D eigenvalue weighted by molar-refractivity contribution is -0.385. The normalized spacial score (nSPS) is 12.1. The minimum Gasteiger partial charge on any atom is -0.313 e. The van der Waals surface area contributed by atoms with Crippen molar-refractivity contribution in [2.75, 3.05) is 7.05 Å². The van der Waals surface area contributed by atoms with Crippen molar-refractivity contribution in [2.24, 2.45) is 0 Å². The molecule has 0 fully saturated rings. The van der Waals surface area contributed by atoms with Gasteiger partial charge in [-0.3, -0.25) is 10.1 Å².